The van der Waals surface area contributed by atoms with Crippen LogP contribution in [0.4, 0.5) is 0 Å². The molecule has 0 aliphatic heterocycles. The third kappa shape index (κ3) is 9.91. The number of nitrogens with zero attached hydrogens (tertiary/aromatic N) is 1. The second-order valence-electron chi connectivity index (χ2n) is 11.8. The predicted molar refractivity (Wildman–Crippen MR) is 185 cm³/mol. The highest BCUT2D eigenvalue weighted by atomic mass is 35.5. The lowest BCUT2D eigenvalue weighted by Gasteiger charge is -2.30. The second-order valence-corrected chi connectivity index (χ2v) is 13.4. The van der Waals surface area contributed by atoms with E-state index >= 15 is 0 Å². The van der Waals surface area contributed by atoms with Crippen molar-refractivity contribution >= 4 is 58.3 Å². The van der Waals surface area contributed by atoms with E-state index in [2.05, 4.69) is 5.32 Å². The van der Waals surface area contributed by atoms with Gasteiger partial charge in [-0.05, 0) is 79.1 Å². The lowest BCUT2D eigenvalue weighted by Crippen LogP contribution is -2.50. The number of halogens is 4. The molecule has 0 radical (unpaired) electrons. The van der Waals surface area contributed by atoms with Crippen molar-refractivity contribution in [3.63, 3.8) is 0 Å². The van der Waals surface area contributed by atoms with Gasteiger partial charge in [-0.15, -0.1) is 0 Å². The minimum absolute atomic E-state index is 0.0268. The Bertz CT molecular complexity index is 1470. The van der Waals surface area contributed by atoms with Crippen molar-refractivity contribution in [2.45, 2.75) is 58.7 Å². The zero-order valence-corrected chi connectivity index (χ0v) is 29.5. The summed E-state index contributed by atoms with van der Waals surface area (Å²) in [5.41, 5.74) is 2.68. The molecule has 2 unspecified atom stereocenters. The van der Waals surface area contributed by atoms with Gasteiger partial charge in [0.2, 0.25) is 5.91 Å². The molecule has 1 fully saturated rings. The van der Waals surface area contributed by atoms with Gasteiger partial charge in [0.25, 0.3) is 0 Å². The molecular formula is C35H40Cl4N2O5. The van der Waals surface area contributed by atoms with Crippen molar-refractivity contribution in [3.8, 4) is 11.5 Å². The van der Waals surface area contributed by atoms with E-state index in [1.807, 2.05) is 62.1 Å². The van der Waals surface area contributed by atoms with E-state index in [1.54, 1.807) is 18.2 Å². The summed E-state index contributed by atoms with van der Waals surface area (Å²) in [4.78, 5) is 28.6. The lowest BCUT2D eigenvalue weighted by molar-refractivity contribution is -0.147. The van der Waals surface area contributed by atoms with Gasteiger partial charge in [0, 0.05) is 19.1 Å². The van der Waals surface area contributed by atoms with Crippen molar-refractivity contribution in [1.82, 2.24) is 10.2 Å². The van der Waals surface area contributed by atoms with E-state index in [-0.39, 0.29) is 37.0 Å². The molecule has 248 valence electrons. The van der Waals surface area contributed by atoms with E-state index in [0.29, 0.717) is 51.1 Å². The third-order valence-electron chi connectivity index (χ3n) is 7.94. The number of carbonyl (C=O) groups excluding carboxylic acids is 2. The first-order valence-electron chi connectivity index (χ1n) is 15.3. The number of hydrogen-bond acceptors (Lipinski definition) is 6. The van der Waals surface area contributed by atoms with Crippen molar-refractivity contribution < 1.29 is 23.8 Å². The first-order chi connectivity index (χ1) is 22.0. The van der Waals surface area contributed by atoms with Gasteiger partial charge in [-0.25, -0.2) is 0 Å². The summed E-state index contributed by atoms with van der Waals surface area (Å²) in [5.74, 6) is 0.345. The Kier molecular flexibility index (Phi) is 13.3. The topological polar surface area (TPSA) is 77.1 Å². The van der Waals surface area contributed by atoms with E-state index in [1.165, 1.54) is 7.11 Å². The van der Waals surface area contributed by atoms with Crippen LogP contribution in [0.25, 0.3) is 0 Å². The molecule has 1 aliphatic carbocycles. The highest BCUT2D eigenvalue weighted by molar-refractivity contribution is 6.42. The van der Waals surface area contributed by atoms with Gasteiger partial charge in [-0.3, -0.25) is 9.59 Å². The molecule has 3 aromatic rings. The van der Waals surface area contributed by atoms with Gasteiger partial charge in [0.05, 0.1) is 39.2 Å². The molecule has 1 aliphatic rings. The summed E-state index contributed by atoms with van der Waals surface area (Å²) in [6, 6.07) is 16.2. The largest absolute Gasteiger partial charge is 0.490 e. The number of amides is 1. The number of methoxy groups -OCH3 is 1. The number of benzene rings is 3. The summed E-state index contributed by atoms with van der Waals surface area (Å²) in [6.45, 7) is 7.03. The van der Waals surface area contributed by atoms with Crippen molar-refractivity contribution in [2.75, 3.05) is 26.9 Å². The second kappa shape index (κ2) is 16.9. The molecule has 0 saturated heterocycles. The number of ether oxygens (including phenoxy) is 3. The van der Waals surface area contributed by atoms with Crippen LogP contribution in [0.5, 0.6) is 11.5 Å². The van der Waals surface area contributed by atoms with Crippen molar-refractivity contribution in [2.24, 2.45) is 11.8 Å². The molecule has 4 rings (SSSR count). The van der Waals surface area contributed by atoms with Gasteiger partial charge in [0.1, 0.15) is 19.0 Å². The Hall–Kier alpha value is -2.68. The average Bonchev–Trinajstić information content (AvgIpc) is 3.86. The maximum absolute atomic E-state index is 14.2. The molecule has 0 heterocycles. The molecule has 0 spiro atoms. The molecular weight excluding hydrogens is 670 g/mol. The van der Waals surface area contributed by atoms with E-state index in [0.717, 1.165) is 29.5 Å². The van der Waals surface area contributed by atoms with Crippen molar-refractivity contribution in [1.29, 1.82) is 0 Å². The van der Waals surface area contributed by atoms with Crippen LogP contribution in [0.15, 0.2) is 54.6 Å². The van der Waals surface area contributed by atoms with E-state index in [4.69, 9.17) is 60.6 Å². The van der Waals surface area contributed by atoms with Crippen LogP contribution in [-0.2, 0) is 27.3 Å². The SMILES string of the molecule is COC(=O)C(CNC(Cc1ccc(OCCOc2c(Cl)cc(C)cc2Cl)cc1)C(=O)N(Cc1cccc(Cl)c1Cl)C1CC1)C(C)C. The minimum Gasteiger partial charge on any atom is -0.490 e. The standard InChI is InChI=1S/C35H40Cl4N2O5/c1-21(2)27(35(43)44-4)19-40-31(34(42)41(25-10-11-25)20-24-6-5-7-28(36)32(24)39)18-23-8-12-26(13-9-23)45-14-15-46-33-29(37)16-22(3)17-30(33)38/h5-9,12-13,16-17,21,25,27,31,40H,10-11,14-15,18-20H2,1-4H3. The summed E-state index contributed by atoms with van der Waals surface area (Å²) in [5, 5.41) is 5.21. The quantitative estimate of drug-likeness (QED) is 0.119. The highest BCUT2D eigenvalue weighted by Crippen LogP contribution is 2.35. The molecule has 3 aromatic carbocycles. The number of carbonyl (C=O) groups is 2. The molecule has 1 amide bonds. The Labute approximate surface area is 291 Å². The van der Waals surface area contributed by atoms with Crippen LogP contribution in [0.2, 0.25) is 20.1 Å². The molecule has 7 nitrogen and oxygen atoms in total. The Morgan fingerprint density at radius 1 is 0.935 bits per heavy atom. The van der Waals surface area contributed by atoms with Gasteiger partial charge in [-0.1, -0.05) is 84.5 Å². The number of aryl methyl sites for hydroxylation is 1. The molecule has 0 bridgehead atoms. The van der Waals surface area contributed by atoms with Crippen LogP contribution in [0, 0.1) is 18.8 Å². The highest BCUT2D eigenvalue weighted by Gasteiger charge is 2.37. The fraction of sp³-hybridized carbons (Fsp3) is 0.429. The molecule has 1 N–H and O–H groups in total. The fourth-order valence-electron chi connectivity index (χ4n) is 5.17. The zero-order chi connectivity index (χ0) is 33.4. The summed E-state index contributed by atoms with van der Waals surface area (Å²) >= 11 is 25.3. The van der Waals surface area contributed by atoms with Crippen LogP contribution in [0.1, 0.15) is 43.4 Å². The minimum atomic E-state index is -0.589. The smallest absolute Gasteiger partial charge is 0.310 e. The molecule has 11 heteroatoms. The monoisotopic (exact) mass is 708 g/mol. The maximum atomic E-state index is 14.2. The lowest BCUT2D eigenvalue weighted by atomic mass is 9.95. The molecule has 1 saturated carbocycles. The third-order valence-corrected chi connectivity index (χ3v) is 9.36. The van der Waals surface area contributed by atoms with Crippen LogP contribution in [-0.4, -0.2) is 55.7 Å². The number of nitrogens with one attached hydrogen (secondary N) is 1. The van der Waals surface area contributed by atoms with Crippen LogP contribution < -0.4 is 14.8 Å². The normalized spacial score (nSPS) is 14.1. The number of hydrogen-bond donors (Lipinski definition) is 1. The fourth-order valence-corrected chi connectivity index (χ4v) is 6.26. The van der Waals surface area contributed by atoms with Crippen molar-refractivity contribution in [3.05, 3.63) is 91.4 Å². The van der Waals surface area contributed by atoms with Gasteiger partial charge >= 0.3 is 5.97 Å². The van der Waals surface area contributed by atoms with Crippen LogP contribution >= 0.6 is 46.4 Å². The molecule has 2 atom stereocenters. The first-order valence-corrected chi connectivity index (χ1v) is 16.8. The van der Waals surface area contributed by atoms with Gasteiger partial charge in [-0.2, -0.15) is 0 Å². The number of esters is 1. The maximum Gasteiger partial charge on any atom is 0.310 e. The van der Waals surface area contributed by atoms with Crippen LogP contribution in [0.3, 0.4) is 0 Å². The Morgan fingerprint density at radius 3 is 2.20 bits per heavy atom. The Balaban J connectivity index is 1.44. The Morgan fingerprint density at radius 2 is 1.59 bits per heavy atom. The predicted octanol–water partition coefficient (Wildman–Crippen LogP) is 8.20. The molecule has 0 aromatic heterocycles. The summed E-state index contributed by atoms with van der Waals surface area (Å²) in [7, 11) is 1.38. The number of rotatable bonds is 16. The van der Waals surface area contributed by atoms with Gasteiger partial charge < -0.3 is 24.4 Å². The summed E-state index contributed by atoms with van der Waals surface area (Å²) < 4.78 is 16.7. The average molecular weight is 711 g/mol. The first kappa shape index (κ1) is 36.2. The summed E-state index contributed by atoms with van der Waals surface area (Å²) in [6.07, 6.45) is 2.25. The van der Waals surface area contributed by atoms with Gasteiger partial charge in [0.15, 0.2) is 5.75 Å². The van der Waals surface area contributed by atoms with E-state index in [9.17, 15) is 9.59 Å². The zero-order valence-electron chi connectivity index (χ0n) is 26.5. The van der Waals surface area contributed by atoms with E-state index < -0.39 is 12.0 Å². The molecule has 46 heavy (non-hydrogen) atoms.